The zero-order chi connectivity index (χ0) is 21.1. The number of rotatable bonds is 2. The molecular weight excluding hydrogens is 377 g/mol. The largest absolute Gasteiger partial charge is 0.323 e. The highest BCUT2D eigenvalue weighted by Gasteiger charge is 2.60. The van der Waals surface area contributed by atoms with Crippen LogP contribution in [0.25, 0.3) is 0 Å². The summed E-state index contributed by atoms with van der Waals surface area (Å²) in [5.74, 6) is 1.65. The van der Waals surface area contributed by atoms with Gasteiger partial charge in [0.1, 0.15) is 5.82 Å². The Morgan fingerprint density at radius 3 is 2.63 bits per heavy atom. The maximum Gasteiger partial charge on any atom is 0.228 e. The van der Waals surface area contributed by atoms with Crippen LogP contribution in [0.3, 0.4) is 0 Å². The summed E-state index contributed by atoms with van der Waals surface area (Å²) in [7, 11) is 0. The molecule has 160 valence electrons. The first-order valence-corrected chi connectivity index (χ1v) is 11.6. The Kier molecular flexibility index (Phi) is 4.68. The lowest BCUT2D eigenvalue weighted by Crippen LogP contribution is -2.51. The van der Waals surface area contributed by atoms with Crippen molar-refractivity contribution in [1.29, 1.82) is 0 Å². The molecule has 0 bridgehead atoms. The van der Waals surface area contributed by atoms with Crippen molar-refractivity contribution in [3.8, 4) is 0 Å². The molecule has 3 nitrogen and oxygen atoms in total. The second kappa shape index (κ2) is 7.03. The van der Waals surface area contributed by atoms with Crippen LogP contribution in [0.2, 0.25) is 0 Å². The van der Waals surface area contributed by atoms with E-state index in [0.717, 1.165) is 44.9 Å². The predicted octanol–water partition coefficient (Wildman–Crippen LogP) is 5.91. The zero-order valence-electron chi connectivity index (χ0n) is 18.0. The van der Waals surface area contributed by atoms with Crippen molar-refractivity contribution >= 4 is 17.4 Å². The van der Waals surface area contributed by atoms with Crippen molar-refractivity contribution in [3.05, 3.63) is 41.7 Å². The molecule has 4 heteroatoms. The van der Waals surface area contributed by atoms with Gasteiger partial charge in [0.05, 0.1) is 5.69 Å². The highest BCUT2D eigenvalue weighted by Crippen LogP contribution is 2.66. The number of allylic oxidation sites excluding steroid dienone is 1. The van der Waals surface area contributed by atoms with E-state index in [4.69, 9.17) is 0 Å². The summed E-state index contributed by atoms with van der Waals surface area (Å²) >= 11 is 0. The number of fused-ring (bicyclic) bond motifs is 5. The van der Waals surface area contributed by atoms with Crippen LogP contribution in [-0.4, -0.2) is 11.7 Å². The lowest BCUT2D eigenvalue weighted by atomic mass is 9.47. The summed E-state index contributed by atoms with van der Waals surface area (Å²) in [6.07, 6.45) is 9.94. The minimum absolute atomic E-state index is 0.0153. The lowest BCUT2D eigenvalue weighted by Gasteiger charge is -2.58. The number of ketones is 1. The van der Waals surface area contributed by atoms with Crippen molar-refractivity contribution < 1.29 is 14.0 Å². The van der Waals surface area contributed by atoms with Crippen molar-refractivity contribution in [3.63, 3.8) is 0 Å². The van der Waals surface area contributed by atoms with Crippen molar-refractivity contribution in [2.45, 2.75) is 65.2 Å². The van der Waals surface area contributed by atoms with E-state index in [1.165, 1.54) is 11.6 Å². The standard InChI is InChI=1S/C26H32FNO2/c1-25-13-11-17(29)15-16(25)7-8-18-19-9-10-21(26(19,2)14-12-20(18)25)24(30)28-23-6-4-3-5-22(23)27/h3-6,15,18-21H,7-14H2,1-2H3,(H,28,30)/t18?,19?,20?,21-,25+,26+/m1/s1. The van der Waals surface area contributed by atoms with Crippen LogP contribution in [-0.2, 0) is 9.59 Å². The zero-order valence-corrected chi connectivity index (χ0v) is 18.0. The number of hydrogen-bond donors (Lipinski definition) is 1. The molecule has 3 fully saturated rings. The maximum atomic E-state index is 14.1. The predicted molar refractivity (Wildman–Crippen MR) is 115 cm³/mol. The fourth-order valence-corrected chi connectivity index (χ4v) is 7.77. The number of nitrogens with one attached hydrogen (secondary N) is 1. The Morgan fingerprint density at radius 2 is 1.83 bits per heavy atom. The van der Waals surface area contributed by atoms with Gasteiger partial charge < -0.3 is 5.32 Å². The van der Waals surface area contributed by atoms with Gasteiger partial charge in [0.15, 0.2) is 5.78 Å². The molecule has 1 aromatic rings. The first-order valence-electron chi connectivity index (χ1n) is 11.6. The summed E-state index contributed by atoms with van der Waals surface area (Å²) in [4.78, 5) is 25.2. The van der Waals surface area contributed by atoms with Gasteiger partial charge >= 0.3 is 0 Å². The number of amides is 1. The number of benzene rings is 1. The molecule has 0 radical (unpaired) electrons. The van der Waals surface area contributed by atoms with Crippen LogP contribution in [0, 0.1) is 40.3 Å². The molecule has 6 atom stereocenters. The number of halogens is 1. The van der Waals surface area contributed by atoms with Gasteiger partial charge in [-0.25, -0.2) is 4.39 Å². The summed E-state index contributed by atoms with van der Waals surface area (Å²) in [6.45, 7) is 4.70. The minimum Gasteiger partial charge on any atom is -0.323 e. The summed E-state index contributed by atoms with van der Waals surface area (Å²) in [5.41, 5.74) is 1.81. The van der Waals surface area contributed by atoms with Gasteiger partial charge in [-0.2, -0.15) is 0 Å². The highest BCUT2D eigenvalue weighted by molar-refractivity contribution is 5.93. The van der Waals surface area contributed by atoms with Crippen molar-refractivity contribution in [1.82, 2.24) is 0 Å². The molecule has 0 spiro atoms. The third-order valence-corrected chi connectivity index (χ3v) is 9.41. The van der Waals surface area contributed by atoms with E-state index >= 15 is 0 Å². The van der Waals surface area contributed by atoms with Gasteiger partial charge in [-0.05, 0) is 91.7 Å². The van der Waals surface area contributed by atoms with E-state index in [2.05, 4.69) is 19.2 Å². The van der Waals surface area contributed by atoms with E-state index in [9.17, 15) is 14.0 Å². The SMILES string of the molecule is C[C@]12CCC(=O)C=C1CCC1C2CC[C@@]2(C)C1CC[C@@H]2C(=O)Nc1ccccc1F. The second-order valence-electron chi connectivity index (χ2n) is 10.6. The third kappa shape index (κ3) is 2.90. The summed E-state index contributed by atoms with van der Waals surface area (Å²) < 4.78 is 14.1. The molecule has 5 rings (SSSR count). The quantitative estimate of drug-likeness (QED) is 0.660. The molecule has 0 saturated heterocycles. The van der Waals surface area contributed by atoms with Gasteiger partial charge in [0.25, 0.3) is 0 Å². The number of para-hydroxylation sites is 1. The van der Waals surface area contributed by atoms with Crippen LogP contribution >= 0.6 is 0 Å². The van der Waals surface area contributed by atoms with Gasteiger partial charge in [-0.1, -0.05) is 31.6 Å². The summed E-state index contributed by atoms with van der Waals surface area (Å²) in [5, 5.41) is 2.88. The first-order chi connectivity index (χ1) is 14.3. The average molecular weight is 410 g/mol. The van der Waals surface area contributed by atoms with Gasteiger partial charge in [0.2, 0.25) is 5.91 Å². The number of anilines is 1. The topological polar surface area (TPSA) is 46.2 Å². The van der Waals surface area contributed by atoms with Crippen LogP contribution in [0.4, 0.5) is 10.1 Å². The Morgan fingerprint density at radius 1 is 1.03 bits per heavy atom. The molecule has 1 N–H and O–H groups in total. The summed E-state index contributed by atoms with van der Waals surface area (Å²) in [6, 6.07) is 6.43. The Labute approximate surface area is 178 Å². The Bertz CT molecular complexity index is 923. The first kappa shape index (κ1) is 20.0. The molecule has 0 heterocycles. The van der Waals surface area contributed by atoms with E-state index in [-0.39, 0.29) is 34.2 Å². The van der Waals surface area contributed by atoms with Gasteiger partial charge in [-0.15, -0.1) is 0 Å². The van der Waals surface area contributed by atoms with Gasteiger partial charge in [0, 0.05) is 12.3 Å². The molecule has 0 aliphatic heterocycles. The molecule has 30 heavy (non-hydrogen) atoms. The smallest absolute Gasteiger partial charge is 0.228 e. The van der Waals surface area contributed by atoms with Crippen LogP contribution in [0.5, 0.6) is 0 Å². The monoisotopic (exact) mass is 409 g/mol. The molecule has 0 aromatic heterocycles. The van der Waals surface area contributed by atoms with E-state index in [1.807, 2.05) is 6.08 Å². The highest BCUT2D eigenvalue weighted by atomic mass is 19.1. The van der Waals surface area contributed by atoms with E-state index in [0.29, 0.717) is 30.0 Å². The second-order valence-corrected chi connectivity index (χ2v) is 10.6. The molecule has 3 saturated carbocycles. The normalized spacial score (nSPS) is 40.1. The molecule has 4 aliphatic carbocycles. The van der Waals surface area contributed by atoms with Crippen LogP contribution in [0.15, 0.2) is 35.9 Å². The molecule has 4 aliphatic rings. The number of carbonyl (C=O) groups excluding carboxylic acids is 2. The molecule has 3 unspecified atom stereocenters. The lowest BCUT2D eigenvalue weighted by molar-refractivity contribution is -0.127. The van der Waals surface area contributed by atoms with Crippen molar-refractivity contribution in [2.75, 3.05) is 5.32 Å². The van der Waals surface area contributed by atoms with Crippen LogP contribution < -0.4 is 5.32 Å². The minimum atomic E-state index is -0.374. The maximum absolute atomic E-state index is 14.1. The Balaban J connectivity index is 1.38. The number of hydrogen-bond acceptors (Lipinski definition) is 2. The fourth-order valence-electron chi connectivity index (χ4n) is 7.77. The molecular formula is C26H32FNO2. The van der Waals surface area contributed by atoms with Crippen molar-refractivity contribution in [2.24, 2.45) is 34.5 Å². The van der Waals surface area contributed by atoms with Gasteiger partial charge in [-0.3, -0.25) is 9.59 Å². The van der Waals surface area contributed by atoms with E-state index < -0.39 is 0 Å². The van der Waals surface area contributed by atoms with E-state index in [1.54, 1.807) is 18.2 Å². The number of carbonyl (C=O) groups is 2. The Hall–Kier alpha value is -1.97. The molecule has 1 aromatic carbocycles. The molecule has 1 amide bonds. The fraction of sp³-hybridized carbons (Fsp3) is 0.615. The average Bonchev–Trinajstić information content (AvgIpc) is 3.07. The van der Waals surface area contributed by atoms with Crippen LogP contribution in [0.1, 0.15) is 65.2 Å². The third-order valence-electron chi connectivity index (χ3n) is 9.41.